The number of hydrogen-bond donors (Lipinski definition) is 1. The maximum atomic E-state index is 9.46. The van der Waals surface area contributed by atoms with Crippen LogP contribution in [0.15, 0.2) is 0 Å². The Morgan fingerprint density at radius 1 is 1.30 bits per heavy atom. The lowest BCUT2D eigenvalue weighted by atomic mass is 10.1. The van der Waals surface area contributed by atoms with Gasteiger partial charge in [-0.2, -0.15) is 0 Å². The Hall–Kier alpha value is 0.540. The largest absolute Gasteiger partial charge is 0.373 e. The quantitative estimate of drug-likeness (QED) is 0.451. The Morgan fingerprint density at radius 2 is 2.00 bits per heavy atom. The molecule has 60 valence electrons. The molecule has 0 saturated heterocycles. The molecule has 0 aliphatic heterocycles. The third-order valence-corrected chi connectivity index (χ3v) is 3.11. The molecule has 2 atom stereocenters. The Bertz CT molecular complexity index is 114. The average Bonchev–Trinajstić information content (AvgIpc) is 1.96. The molecule has 3 heteroatoms. The van der Waals surface area contributed by atoms with Crippen LogP contribution in [0.25, 0.3) is 0 Å². The molecule has 1 aliphatic rings. The molecule has 1 fully saturated rings. The van der Waals surface area contributed by atoms with Crippen LogP contribution in [0.4, 0.5) is 0 Å². The van der Waals surface area contributed by atoms with Crippen LogP contribution in [-0.4, -0.2) is 15.5 Å². The molecule has 0 bridgehead atoms. The summed E-state index contributed by atoms with van der Waals surface area (Å²) in [5, 5.41) is 8.05. The first-order valence-electron chi connectivity index (χ1n) is 3.68. The third-order valence-electron chi connectivity index (χ3n) is 1.96. The summed E-state index contributed by atoms with van der Waals surface area (Å²) in [6.07, 6.45) is 4.68. The maximum absolute atomic E-state index is 9.46. The molecular weight excluding hydrogens is 171 g/mol. The molecule has 0 radical (unpaired) electrons. The van der Waals surface area contributed by atoms with Gasteiger partial charge in [0.1, 0.15) is 0 Å². The summed E-state index contributed by atoms with van der Waals surface area (Å²) in [4.78, 5) is 0. The van der Waals surface area contributed by atoms with Gasteiger partial charge in [-0.15, -0.1) is 11.6 Å². The number of halogens is 2. The minimum absolute atomic E-state index is 0.267. The fourth-order valence-electron chi connectivity index (χ4n) is 1.25. The van der Waals surface area contributed by atoms with E-state index in [0.717, 1.165) is 25.7 Å². The van der Waals surface area contributed by atoms with E-state index in [9.17, 15) is 5.11 Å². The smallest absolute Gasteiger partial charge is 0.154 e. The van der Waals surface area contributed by atoms with Crippen molar-refractivity contribution in [3.8, 4) is 0 Å². The highest BCUT2D eigenvalue weighted by molar-refractivity contribution is 6.31. The van der Waals surface area contributed by atoms with Gasteiger partial charge in [0.15, 0.2) is 5.06 Å². The van der Waals surface area contributed by atoms with Crippen molar-refractivity contribution >= 4 is 23.2 Å². The second-order valence-corrected chi connectivity index (χ2v) is 4.07. The molecule has 2 unspecified atom stereocenters. The van der Waals surface area contributed by atoms with Gasteiger partial charge in [-0.05, 0) is 19.3 Å². The zero-order chi connectivity index (χ0) is 7.61. The van der Waals surface area contributed by atoms with Crippen molar-refractivity contribution in [3.05, 3.63) is 0 Å². The van der Waals surface area contributed by atoms with Gasteiger partial charge in [0, 0.05) is 0 Å². The van der Waals surface area contributed by atoms with E-state index in [-0.39, 0.29) is 5.38 Å². The van der Waals surface area contributed by atoms with E-state index in [1.807, 2.05) is 0 Å². The third kappa shape index (κ3) is 2.01. The van der Waals surface area contributed by atoms with E-state index in [4.69, 9.17) is 23.2 Å². The van der Waals surface area contributed by atoms with Gasteiger partial charge >= 0.3 is 0 Å². The molecule has 1 N–H and O–H groups in total. The van der Waals surface area contributed by atoms with Gasteiger partial charge in [-0.25, -0.2) is 0 Å². The monoisotopic (exact) mass is 182 g/mol. The van der Waals surface area contributed by atoms with Gasteiger partial charge in [0.05, 0.1) is 5.38 Å². The Labute approximate surface area is 71.3 Å². The fraction of sp³-hybridized carbons (Fsp3) is 1.00. The van der Waals surface area contributed by atoms with Crippen LogP contribution >= 0.6 is 23.2 Å². The minimum Gasteiger partial charge on any atom is -0.373 e. The lowest BCUT2D eigenvalue weighted by Crippen LogP contribution is -2.31. The van der Waals surface area contributed by atoms with Crippen LogP contribution in [0.3, 0.4) is 0 Å². The number of alkyl halides is 2. The first-order chi connectivity index (χ1) is 4.63. The Kier molecular flexibility index (Phi) is 2.84. The summed E-state index contributed by atoms with van der Waals surface area (Å²) in [6, 6.07) is 0. The zero-order valence-corrected chi connectivity index (χ0v) is 7.33. The van der Waals surface area contributed by atoms with Crippen molar-refractivity contribution in [2.24, 2.45) is 0 Å². The van der Waals surface area contributed by atoms with Crippen molar-refractivity contribution in [1.82, 2.24) is 0 Å². The number of rotatable bonds is 0. The summed E-state index contributed by atoms with van der Waals surface area (Å²) < 4.78 is 0. The van der Waals surface area contributed by atoms with Crippen molar-refractivity contribution in [2.75, 3.05) is 0 Å². The summed E-state index contributed by atoms with van der Waals surface area (Å²) in [5.74, 6) is 0. The van der Waals surface area contributed by atoms with E-state index in [0.29, 0.717) is 6.42 Å². The molecule has 1 saturated carbocycles. The SMILES string of the molecule is OC1(Cl)CCCCCC1Cl. The Morgan fingerprint density at radius 3 is 2.70 bits per heavy atom. The standard InChI is InChI=1S/C7H12Cl2O/c8-6-4-2-1-3-5-7(6,9)10/h6,10H,1-5H2. The average molecular weight is 183 g/mol. The highest BCUT2D eigenvalue weighted by Gasteiger charge is 2.33. The van der Waals surface area contributed by atoms with Gasteiger partial charge < -0.3 is 5.11 Å². The summed E-state index contributed by atoms with van der Waals surface area (Å²) >= 11 is 11.6. The second-order valence-electron chi connectivity index (χ2n) is 2.89. The van der Waals surface area contributed by atoms with E-state index >= 15 is 0 Å². The number of hydrogen-bond acceptors (Lipinski definition) is 1. The zero-order valence-electron chi connectivity index (χ0n) is 5.82. The van der Waals surface area contributed by atoms with Crippen LogP contribution < -0.4 is 0 Å². The van der Waals surface area contributed by atoms with E-state index in [2.05, 4.69) is 0 Å². The minimum atomic E-state index is -1.14. The number of aliphatic hydroxyl groups is 1. The lowest BCUT2D eigenvalue weighted by Gasteiger charge is -2.22. The first kappa shape index (κ1) is 8.63. The fourth-order valence-corrected chi connectivity index (χ4v) is 1.76. The van der Waals surface area contributed by atoms with Gasteiger partial charge in [0.2, 0.25) is 0 Å². The first-order valence-corrected chi connectivity index (χ1v) is 4.50. The predicted molar refractivity (Wildman–Crippen MR) is 43.5 cm³/mol. The van der Waals surface area contributed by atoms with Crippen LogP contribution in [-0.2, 0) is 0 Å². The van der Waals surface area contributed by atoms with Crippen LogP contribution in [0.5, 0.6) is 0 Å². The predicted octanol–water partition coefficient (Wildman–Crippen LogP) is 2.49. The highest BCUT2D eigenvalue weighted by Crippen LogP contribution is 2.33. The van der Waals surface area contributed by atoms with E-state index in [1.54, 1.807) is 0 Å². The second kappa shape index (κ2) is 3.29. The topological polar surface area (TPSA) is 20.2 Å². The van der Waals surface area contributed by atoms with Crippen LogP contribution in [0, 0.1) is 0 Å². The molecule has 1 rings (SSSR count). The molecule has 0 amide bonds. The van der Waals surface area contributed by atoms with Crippen LogP contribution in [0.2, 0.25) is 0 Å². The lowest BCUT2D eigenvalue weighted by molar-refractivity contribution is 0.115. The molecule has 1 aliphatic carbocycles. The molecular formula is C7H12Cl2O. The Balaban J connectivity index is 2.52. The van der Waals surface area contributed by atoms with Crippen molar-refractivity contribution in [1.29, 1.82) is 0 Å². The van der Waals surface area contributed by atoms with E-state index < -0.39 is 5.06 Å². The highest BCUT2D eigenvalue weighted by atomic mass is 35.5. The van der Waals surface area contributed by atoms with Crippen molar-refractivity contribution in [2.45, 2.75) is 42.5 Å². The normalized spacial score (nSPS) is 42.9. The molecule has 0 heterocycles. The van der Waals surface area contributed by atoms with Crippen LogP contribution in [0.1, 0.15) is 32.1 Å². The van der Waals surface area contributed by atoms with Gasteiger partial charge in [-0.3, -0.25) is 0 Å². The van der Waals surface area contributed by atoms with Gasteiger partial charge in [0.25, 0.3) is 0 Å². The molecule has 0 aromatic heterocycles. The van der Waals surface area contributed by atoms with Crippen molar-refractivity contribution < 1.29 is 5.11 Å². The van der Waals surface area contributed by atoms with E-state index in [1.165, 1.54) is 0 Å². The maximum Gasteiger partial charge on any atom is 0.154 e. The van der Waals surface area contributed by atoms with Gasteiger partial charge in [-0.1, -0.05) is 24.4 Å². The molecule has 10 heavy (non-hydrogen) atoms. The summed E-state index contributed by atoms with van der Waals surface area (Å²) in [6.45, 7) is 0. The molecule has 0 spiro atoms. The summed E-state index contributed by atoms with van der Waals surface area (Å²) in [7, 11) is 0. The van der Waals surface area contributed by atoms with Crippen molar-refractivity contribution in [3.63, 3.8) is 0 Å². The molecule has 0 aromatic rings. The molecule has 0 aromatic carbocycles. The summed E-state index contributed by atoms with van der Waals surface area (Å²) in [5.41, 5.74) is 0. The molecule has 1 nitrogen and oxygen atoms in total.